The number of nitrogens with one attached hydrogen (secondary N) is 1. The molecule has 10 heteroatoms. The van der Waals surface area contributed by atoms with Crippen LogP contribution in [0.5, 0.6) is 5.75 Å². The molecule has 8 nitrogen and oxygen atoms in total. The van der Waals surface area contributed by atoms with Gasteiger partial charge in [-0.05, 0) is 66.8 Å². The lowest BCUT2D eigenvalue weighted by Crippen LogP contribution is -2.30. The average Bonchev–Trinajstić information content (AvgIpc) is 3.58. The van der Waals surface area contributed by atoms with Gasteiger partial charge in [0.1, 0.15) is 18.4 Å². The topological polar surface area (TPSA) is 77.9 Å². The number of halogens is 1. The molecule has 0 spiro atoms. The maximum Gasteiger partial charge on any atom is 0.339 e. The number of pyridine rings is 1. The molecule has 200 valence electrons. The second-order valence-electron chi connectivity index (χ2n) is 8.76. The standard InChI is InChI=1S/C29H27ClN4O4S/c1-36-16-17-38-25-13-12-19(18-21(25)30)34-27(26(32-29(34)39)22-9-5-6-14-31-22)24-11-7-15-33(24)23-10-4-3-8-20(23)28(35)37-2/h3-15,18,26-27H,16-17H2,1-2H3,(H,32,39)/t26-,27+/m1/s1. The molecule has 0 unspecified atom stereocenters. The van der Waals surface area contributed by atoms with Crippen molar-refractivity contribution in [1.29, 1.82) is 0 Å². The monoisotopic (exact) mass is 562 g/mol. The summed E-state index contributed by atoms with van der Waals surface area (Å²) < 4.78 is 17.9. The minimum absolute atomic E-state index is 0.283. The van der Waals surface area contributed by atoms with Crippen LogP contribution in [0, 0.1) is 0 Å². The van der Waals surface area contributed by atoms with Gasteiger partial charge >= 0.3 is 5.97 Å². The maximum atomic E-state index is 12.6. The van der Waals surface area contributed by atoms with Crippen LogP contribution in [0.15, 0.2) is 85.2 Å². The molecule has 39 heavy (non-hydrogen) atoms. The molecule has 5 rings (SSSR count). The van der Waals surface area contributed by atoms with Crippen LogP contribution in [0.4, 0.5) is 5.69 Å². The van der Waals surface area contributed by atoms with Gasteiger partial charge in [-0.3, -0.25) is 4.98 Å². The molecule has 0 bridgehead atoms. The highest BCUT2D eigenvalue weighted by atomic mass is 35.5. The fraction of sp³-hybridized carbons (Fsp3) is 0.207. The Morgan fingerprint density at radius 1 is 1.05 bits per heavy atom. The van der Waals surface area contributed by atoms with Crippen molar-refractivity contribution in [2.45, 2.75) is 12.1 Å². The number of nitrogens with zero attached hydrogens (tertiary/aromatic N) is 3. The third-order valence-electron chi connectivity index (χ3n) is 6.49. The van der Waals surface area contributed by atoms with Crippen LogP contribution in [0.1, 0.15) is 33.8 Å². The van der Waals surface area contributed by atoms with Crippen LogP contribution in [0.25, 0.3) is 5.69 Å². The highest BCUT2D eigenvalue weighted by molar-refractivity contribution is 7.80. The van der Waals surface area contributed by atoms with Gasteiger partial charge < -0.3 is 29.0 Å². The highest BCUT2D eigenvalue weighted by Gasteiger charge is 2.42. The van der Waals surface area contributed by atoms with Crippen molar-refractivity contribution >= 4 is 40.6 Å². The summed E-state index contributed by atoms with van der Waals surface area (Å²) in [5.74, 6) is 0.142. The van der Waals surface area contributed by atoms with Crippen LogP contribution in [-0.2, 0) is 9.47 Å². The SMILES string of the molecule is COCCOc1ccc(N2C(=S)N[C@H](c3ccccn3)[C@@H]2c2cccn2-c2ccccc2C(=O)OC)cc1Cl. The molecule has 1 fully saturated rings. The fourth-order valence-electron chi connectivity index (χ4n) is 4.75. The fourth-order valence-corrected chi connectivity index (χ4v) is 5.32. The highest BCUT2D eigenvalue weighted by Crippen LogP contribution is 2.43. The van der Waals surface area contributed by atoms with E-state index in [2.05, 4.69) is 10.3 Å². The largest absolute Gasteiger partial charge is 0.490 e. The molecule has 3 heterocycles. The number of hydrogen-bond acceptors (Lipinski definition) is 6. The van der Waals surface area contributed by atoms with E-state index in [-0.39, 0.29) is 12.1 Å². The molecule has 2 aromatic carbocycles. The van der Waals surface area contributed by atoms with Crippen LogP contribution in [-0.4, -0.2) is 48.1 Å². The van der Waals surface area contributed by atoms with Crippen LogP contribution in [0.3, 0.4) is 0 Å². The first-order valence-corrected chi connectivity index (χ1v) is 13.1. The number of rotatable bonds is 9. The van der Waals surface area contributed by atoms with Gasteiger partial charge in [0.25, 0.3) is 0 Å². The number of carbonyl (C=O) groups excluding carboxylic acids is 1. The number of thiocarbonyl (C=S) groups is 1. The second-order valence-corrected chi connectivity index (χ2v) is 9.56. The quantitative estimate of drug-likeness (QED) is 0.162. The Kier molecular flexibility index (Phi) is 8.11. The molecule has 0 saturated carbocycles. The Morgan fingerprint density at radius 3 is 2.62 bits per heavy atom. The predicted molar refractivity (Wildman–Crippen MR) is 154 cm³/mol. The lowest BCUT2D eigenvalue weighted by atomic mass is 10.0. The molecule has 2 aromatic heterocycles. The van der Waals surface area contributed by atoms with E-state index in [1.165, 1.54) is 7.11 Å². The third kappa shape index (κ3) is 5.34. The lowest BCUT2D eigenvalue weighted by molar-refractivity contribution is 0.0600. The van der Waals surface area contributed by atoms with Gasteiger partial charge in [-0.15, -0.1) is 0 Å². The van der Waals surface area contributed by atoms with Crippen LogP contribution in [0.2, 0.25) is 5.02 Å². The van der Waals surface area contributed by atoms with E-state index in [1.54, 1.807) is 19.4 Å². The van der Waals surface area contributed by atoms with Crippen LogP contribution < -0.4 is 15.0 Å². The number of para-hydroxylation sites is 1. The summed E-state index contributed by atoms with van der Waals surface area (Å²) in [5.41, 5.74) is 3.65. The number of aromatic nitrogens is 2. The third-order valence-corrected chi connectivity index (χ3v) is 7.10. The van der Waals surface area contributed by atoms with Crippen LogP contribution >= 0.6 is 23.8 Å². The number of anilines is 1. The van der Waals surface area contributed by atoms with Gasteiger partial charge in [-0.1, -0.05) is 29.8 Å². The van der Waals surface area contributed by atoms with Gasteiger partial charge in [0.05, 0.1) is 41.7 Å². The van der Waals surface area contributed by atoms with Gasteiger partial charge in [0, 0.05) is 30.9 Å². The van der Waals surface area contributed by atoms with Crippen molar-refractivity contribution in [1.82, 2.24) is 14.9 Å². The number of benzene rings is 2. The van der Waals surface area contributed by atoms with Crippen molar-refractivity contribution in [3.05, 3.63) is 107 Å². The van der Waals surface area contributed by atoms with E-state index in [9.17, 15) is 4.79 Å². The van der Waals surface area contributed by atoms with Gasteiger partial charge in [-0.2, -0.15) is 0 Å². The Bertz CT molecular complexity index is 1480. The minimum Gasteiger partial charge on any atom is -0.490 e. The van der Waals surface area contributed by atoms with E-state index in [0.717, 1.165) is 17.1 Å². The van der Waals surface area contributed by atoms with Gasteiger partial charge in [-0.25, -0.2) is 4.79 Å². The molecule has 1 aliphatic rings. The van der Waals surface area contributed by atoms with E-state index in [1.807, 2.05) is 82.4 Å². The summed E-state index contributed by atoms with van der Waals surface area (Å²) in [4.78, 5) is 19.3. The number of carbonyl (C=O) groups is 1. The molecule has 2 atom stereocenters. The second kappa shape index (κ2) is 11.9. The zero-order valence-electron chi connectivity index (χ0n) is 21.4. The predicted octanol–water partition coefficient (Wildman–Crippen LogP) is 5.51. The van der Waals surface area contributed by atoms with Crippen molar-refractivity contribution < 1.29 is 19.0 Å². The van der Waals surface area contributed by atoms with E-state index < -0.39 is 5.97 Å². The zero-order valence-corrected chi connectivity index (χ0v) is 23.0. The maximum absolute atomic E-state index is 12.6. The van der Waals surface area contributed by atoms with Gasteiger partial charge in [0.15, 0.2) is 5.11 Å². The first-order valence-electron chi connectivity index (χ1n) is 12.3. The number of methoxy groups -OCH3 is 2. The molecule has 1 saturated heterocycles. The van der Waals surface area contributed by atoms with Crippen molar-refractivity contribution in [2.75, 3.05) is 32.3 Å². The van der Waals surface area contributed by atoms with Crippen molar-refractivity contribution in [3.63, 3.8) is 0 Å². The molecule has 1 N–H and O–H groups in total. The number of hydrogen-bond donors (Lipinski definition) is 1. The molecule has 0 radical (unpaired) electrons. The number of ether oxygens (including phenoxy) is 3. The molecule has 0 aliphatic carbocycles. The summed E-state index contributed by atoms with van der Waals surface area (Å²) in [6.45, 7) is 0.840. The summed E-state index contributed by atoms with van der Waals surface area (Å²) in [6.07, 6.45) is 3.68. The first kappa shape index (κ1) is 26.7. The Hall–Kier alpha value is -3.92. The Balaban J connectivity index is 1.62. The Labute approximate surface area is 237 Å². The summed E-state index contributed by atoms with van der Waals surface area (Å²) in [6, 6.07) is 22.1. The normalized spacial score (nSPS) is 16.7. The summed E-state index contributed by atoms with van der Waals surface area (Å²) in [7, 11) is 2.99. The van der Waals surface area contributed by atoms with E-state index in [4.69, 9.17) is 38.0 Å². The molecule has 0 amide bonds. The minimum atomic E-state index is -0.417. The zero-order chi connectivity index (χ0) is 27.4. The van der Waals surface area contributed by atoms with E-state index >= 15 is 0 Å². The lowest BCUT2D eigenvalue weighted by Gasteiger charge is -2.29. The van der Waals surface area contributed by atoms with Gasteiger partial charge in [0.2, 0.25) is 0 Å². The first-order chi connectivity index (χ1) is 19.0. The van der Waals surface area contributed by atoms with Crippen molar-refractivity contribution in [2.24, 2.45) is 0 Å². The Morgan fingerprint density at radius 2 is 1.87 bits per heavy atom. The molecular formula is C29H27ClN4O4S. The smallest absolute Gasteiger partial charge is 0.339 e. The van der Waals surface area contributed by atoms with E-state index in [0.29, 0.717) is 40.3 Å². The summed E-state index contributed by atoms with van der Waals surface area (Å²) in [5, 5.41) is 4.44. The summed E-state index contributed by atoms with van der Waals surface area (Å²) >= 11 is 12.5. The molecule has 1 aliphatic heterocycles. The average molecular weight is 563 g/mol. The number of esters is 1. The molecular weight excluding hydrogens is 536 g/mol. The molecule has 4 aromatic rings. The van der Waals surface area contributed by atoms with Crippen molar-refractivity contribution in [3.8, 4) is 11.4 Å².